The van der Waals surface area contributed by atoms with E-state index < -0.39 is 0 Å². The van der Waals surface area contributed by atoms with Gasteiger partial charge in [-0.05, 0) is 0 Å². The van der Waals surface area contributed by atoms with Crippen molar-refractivity contribution in [2.75, 3.05) is 7.05 Å². The van der Waals surface area contributed by atoms with Gasteiger partial charge < -0.3 is 10.4 Å². The summed E-state index contributed by atoms with van der Waals surface area (Å²) in [7, 11) is 1.57. The molecule has 0 saturated carbocycles. The molecule has 0 aliphatic carbocycles. The summed E-state index contributed by atoms with van der Waals surface area (Å²) in [5, 5.41) is 11.5. The molecule has 5 nitrogen and oxygen atoms in total. The zero-order valence-corrected chi connectivity index (χ0v) is 7.39. The number of aromatic hydroxyl groups is 1. The summed E-state index contributed by atoms with van der Waals surface area (Å²) in [5.41, 5.74) is 0.489. The van der Waals surface area contributed by atoms with Gasteiger partial charge in [-0.15, -0.1) is 4.37 Å². The second kappa shape index (κ2) is 4.01. The minimum absolute atomic E-state index is 0.0658. The minimum atomic E-state index is -0.0672. The standard InChI is InChI=1S/C6H9N3O2S/c1-7-5(10)3-2-4-6(11)9-12-8-4/h2-3H2,1H3,(H,7,10)(H,9,11). The van der Waals surface area contributed by atoms with Crippen LogP contribution in [0.1, 0.15) is 12.1 Å². The van der Waals surface area contributed by atoms with E-state index in [-0.39, 0.29) is 11.8 Å². The Morgan fingerprint density at radius 1 is 1.67 bits per heavy atom. The van der Waals surface area contributed by atoms with Crippen LogP contribution in [0.25, 0.3) is 0 Å². The SMILES string of the molecule is CNC(=O)CCc1nsnc1O. The first-order chi connectivity index (χ1) is 5.74. The van der Waals surface area contributed by atoms with E-state index in [1.807, 2.05) is 0 Å². The molecule has 66 valence electrons. The average molecular weight is 187 g/mol. The molecule has 0 aromatic carbocycles. The van der Waals surface area contributed by atoms with Gasteiger partial charge in [-0.2, -0.15) is 4.37 Å². The van der Waals surface area contributed by atoms with Crippen LogP contribution in [0.2, 0.25) is 0 Å². The molecule has 0 bridgehead atoms. The van der Waals surface area contributed by atoms with Crippen molar-refractivity contribution >= 4 is 17.6 Å². The molecular weight excluding hydrogens is 178 g/mol. The lowest BCUT2D eigenvalue weighted by Crippen LogP contribution is -2.17. The van der Waals surface area contributed by atoms with Crippen LogP contribution in [0.3, 0.4) is 0 Å². The van der Waals surface area contributed by atoms with Crippen molar-refractivity contribution < 1.29 is 9.90 Å². The van der Waals surface area contributed by atoms with Gasteiger partial charge in [0.1, 0.15) is 5.69 Å². The number of aryl methyl sites for hydroxylation is 1. The molecular formula is C6H9N3O2S. The van der Waals surface area contributed by atoms with Crippen LogP contribution in [0.15, 0.2) is 0 Å². The Bertz CT molecular complexity index is 274. The van der Waals surface area contributed by atoms with E-state index in [1.165, 1.54) is 0 Å². The highest BCUT2D eigenvalue weighted by Gasteiger charge is 2.07. The number of hydrogen-bond acceptors (Lipinski definition) is 5. The zero-order valence-electron chi connectivity index (χ0n) is 6.57. The monoisotopic (exact) mass is 187 g/mol. The largest absolute Gasteiger partial charge is 0.491 e. The lowest BCUT2D eigenvalue weighted by Gasteiger charge is -1.95. The topological polar surface area (TPSA) is 75.1 Å². The quantitative estimate of drug-likeness (QED) is 0.694. The summed E-state index contributed by atoms with van der Waals surface area (Å²) in [6.07, 6.45) is 0.761. The molecule has 0 aliphatic heterocycles. The smallest absolute Gasteiger partial charge is 0.246 e. The second-order valence-electron chi connectivity index (χ2n) is 2.21. The third-order valence-corrected chi connectivity index (χ3v) is 1.96. The summed E-state index contributed by atoms with van der Waals surface area (Å²) in [4.78, 5) is 10.8. The van der Waals surface area contributed by atoms with Gasteiger partial charge in [0.25, 0.3) is 0 Å². The normalized spacial score (nSPS) is 9.75. The number of nitrogens with one attached hydrogen (secondary N) is 1. The van der Waals surface area contributed by atoms with Gasteiger partial charge in [0.05, 0.1) is 11.7 Å². The molecule has 1 rings (SSSR count). The minimum Gasteiger partial charge on any atom is -0.491 e. The molecule has 0 unspecified atom stereocenters. The lowest BCUT2D eigenvalue weighted by atomic mass is 10.2. The lowest BCUT2D eigenvalue weighted by molar-refractivity contribution is -0.120. The summed E-state index contributed by atoms with van der Waals surface area (Å²) in [5.74, 6) is -0.133. The van der Waals surface area contributed by atoms with Crippen LogP contribution in [-0.4, -0.2) is 26.8 Å². The molecule has 2 N–H and O–H groups in total. The van der Waals surface area contributed by atoms with Gasteiger partial charge >= 0.3 is 0 Å². The zero-order chi connectivity index (χ0) is 8.97. The highest BCUT2D eigenvalue weighted by molar-refractivity contribution is 6.99. The Morgan fingerprint density at radius 3 is 2.92 bits per heavy atom. The molecule has 0 saturated heterocycles. The average Bonchev–Trinajstić information content (AvgIpc) is 2.47. The number of carbonyl (C=O) groups excluding carboxylic acids is 1. The predicted molar refractivity (Wildman–Crippen MR) is 44.0 cm³/mol. The predicted octanol–water partition coefficient (Wildman–Crippen LogP) is -0.0777. The summed E-state index contributed by atoms with van der Waals surface area (Å²) >= 11 is 0.944. The summed E-state index contributed by atoms with van der Waals surface area (Å²) < 4.78 is 7.40. The molecule has 1 aromatic rings. The molecule has 0 atom stereocenters. The van der Waals surface area contributed by atoms with E-state index in [2.05, 4.69) is 14.1 Å². The molecule has 1 amide bonds. The van der Waals surface area contributed by atoms with Gasteiger partial charge in [0.2, 0.25) is 11.8 Å². The summed E-state index contributed by atoms with van der Waals surface area (Å²) in [6.45, 7) is 0. The van der Waals surface area contributed by atoms with Crippen molar-refractivity contribution in [1.29, 1.82) is 0 Å². The maximum atomic E-state index is 10.8. The van der Waals surface area contributed by atoms with Crippen LogP contribution in [0, 0.1) is 0 Å². The van der Waals surface area contributed by atoms with Crippen molar-refractivity contribution in [2.24, 2.45) is 0 Å². The van der Waals surface area contributed by atoms with E-state index in [9.17, 15) is 4.79 Å². The van der Waals surface area contributed by atoms with Crippen molar-refractivity contribution in [3.63, 3.8) is 0 Å². The van der Waals surface area contributed by atoms with Crippen LogP contribution in [-0.2, 0) is 11.2 Å². The number of hydrogen-bond donors (Lipinski definition) is 2. The third-order valence-electron chi connectivity index (χ3n) is 1.40. The fourth-order valence-electron chi connectivity index (χ4n) is 0.716. The van der Waals surface area contributed by atoms with Crippen molar-refractivity contribution in [2.45, 2.75) is 12.8 Å². The van der Waals surface area contributed by atoms with Crippen molar-refractivity contribution in [1.82, 2.24) is 14.1 Å². The Hall–Kier alpha value is -1.17. The first-order valence-electron chi connectivity index (χ1n) is 3.45. The van der Waals surface area contributed by atoms with E-state index in [0.717, 1.165) is 11.7 Å². The van der Waals surface area contributed by atoms with Crippen molar-refractivity contribution in [3.8, 4) is 5.88 Å². The van der Waals surface area contributed by atoms with E-state index in [1.54, 1.807) is 7.05 Å². The second-order valence-corrected chi connectivity index (χ2v) is 2.74. The Kier molecular flexibility index (Phi) is 2.98. The Balaban J connectivity index is 2.43. The highest BCUT2D eigenvalue weighted by Crippen LogP contribution is 2.13. The van der Waals surface area contributed by atoms with E-state index >= 15 is 0 Å². The number of rotatable bonds is 3. The molecule has 1 heterocycles. The molecule has 0 spiro atoms. The molecule has 0 radical (unpaired) electrons. The molecule has 12 heavy (non-hydrogen) atoms. The van der Waals surface area contributed by atoms with Crippen LogP contribution >= 0.6 is 11.7 Å². The third kappa shape index (κ3) is 2.16. The van der Waals surface area contributed by atoms with Crippen LogP contribution in [0.4, 0.5) is 0 Å². The van der Waals surface area contributed by atoms with Crippen LogP contribution < -0.4 is 5.32 Å². The van der Waals surface area contributed by atoms with E-state index in [0.29, 0.717) is 18.5 Å². The fraction of sp³-hybridized carbons (Fsp3) is 0.500. The van der Waals surface area contributed by atoms with Gasteiger partial charge in [0, 0.05) is 19.9 Å². The van der Waals surface area contributed by atoms with Gasteiger partial charge in [-0.25, -0.2) is 0 Å². The van der Waals surface area contributed by atoms with Crippen molar-refractivity contribution in [3.05, 3.63) is 5.69 Å². The molecule has 1 aromatic heterocycles. The van der Waals surface area contributed by atoms with Gasteiger partial charge in [0.15, 0.2) is 0 Å². The molecule has 0 fully saturated rings. The number of carbonyl (C=O) groups is 1. The number of aromatic nitrogens is 2. The maximum Gasteiger partial charge on any atom is 0.246 e. The number of amides is 1. The van der Waals surface area contributed by atoms with Gasteiger partial charge in [-0.3, -0.25) is 4.79 Å². The summed E-state index contributed by atoms with van der Waals surface area (Å²) in [6, 6.07) is 0. The van der Waals surface area contributed by atoms with Gasteiger partial charge in [-0.1, -0.05) is 0 Å². The first-order valence-corrected chi connectivity index (χ1v) is 4.18. The Morgan fingerprint density at radius 2 is 2.42 bits per heavy atom. The number of nitrogens with zero attached hydrogens (tertiary/aromatic N) is 2. The molecule has 6 heteroatoms. The highest BCUT2D eigenvalue weighted by atomic mass is 32.1. The molecule has 0 aliphatic rings. The Labute approximate surface area is 73.8 Å². The van der Waals surface area contributed by atoms with E-state index in [4.69, 9.17) is 5.11 Å². The first kappa shape index (κ1) is 8.92. The fourth-order valence-corrected chi connectivity index (χ4v) is 1.21. The van der Waals surface area contributed by atoms with Crippen LogP contribution in [0.5, 0.6) is 5.88 Å². The maximum absolute atomic E-state index is 10.8.